The molecule has 0 spiro atoms. The Balaban J connectivity index is 1.85. The summed E-state index contributed by atoms with van der Waals surface area (Å²) in [6.45, 7) is 3.73. The number of para-hydroxylation sites is 1. The fourth-order valence-corrected chi connectivity index (χ4v) is 4.69. The lowest BCUT2D eigenvalue weighted by Gasteiger charge is -2.26. The molecule has 242 valence electrons. The Bertz CT molecular complexity index is 1500. The number of hydrogen-bond donors (Lipinski definition) is 9. The van der Waals surface area contributed by atoms with Crippen LogP contribution in [0.4, 0.5) is 0 Å². The summed E-state index contributed by atoms with van der Waals surface area (Å²) in [6, 6.07) is 8.92. The number of carboxylic acid groups (broad SMARTS) is 1. The van der Waals surface area contributed by atoms with Crippen LogP contribution in [0.25, 0.3) is 10.9 Å². The standard InChI is InChI=1S/C31H42N8O6/c1-17(2)26(32)29(43)38-24(15-19-16-36-22-7-4-3-6-21(19)22)28(42)37-23(8-5-13-35-31(33)34)27(41)39-25(30(44)45)14-18-9-11-20(40)12-10-18/h3-4,6-7,9-12,16-17,23-26,36,40H,5,8,13-15,32H2,1-2H3,(H,37,42)(H,38,43)(H,39,41)(H,44,45)(H4,33,34,35). The van der Waals surface area contributed by atoms with Gasteiger partial charge in [-0.2, -0.15) is 0 Å². The van der Waals surface area contributed by atoms with Crippen LogP contribution in [0.1, 0.15) is 37.8 Å². The highest BCUT2D eigenvalue weighted by Gasteiger charge is 2.31. The average Bonchev–Trinajstić information content (AvgIpc) is 3.40. The molecule has 0 radical (unpaired) electrons. The van der Waals surface area contributed by atoms with Crippen LogP contribution >= 0.6 is 0 Å². The van der Waals surface area contributed by atoms with E-state index < -0.39 is 47.9 Å². The lowest BCUT2D eigenvalue weighted by molar-refractivity contribution is -0.142. The first kappa shape index (κ1) is 34.4. The van der Waals surface area contributed by atoms with Crippen LogP contribution in [0.5, 0.6) is 5.75 Å². The van der Waals surface area contributed by atoms with Gasteiger partial charge in [0.15, 0.2) is 5.96 Å². The second-order valence-electron chi connectivity index (χ2n) is 11.2. The molecule has 14 nitrogen and oxygen atoms in total. The summed E-state index contributed by atoms with van der Waals surface area (Å²) in [5, 5.41) is 28.2. The van der Waals surface area contributed by atoms with E-state index in [4.69, 9.17) is 17.2 Å². The van der Waals surface area contributed by atoms with Crippen LogP contribution < -0.4 is 33.2 Å². The van der Waals surface area contributed by atoms with E-state index in [-0.39, 0.29) is 49.9 Å². The van der Waals surface area contributed by atoms with Crippen molar-refractivity contribution in [3.63, 3.8) is 0 Å². The summed E-state index contributed by atoms with van der Waals surface area (Å²) in [5.41, 5.74) is 19.1. The van der Waals surface area contributed by atoms with Gasteiger partial charge < -0.3 is 48.3 Å². The number of aromatic nitrogens is 1. The zero-order valence-electron chi connectivity index (χ0n) is 25.3. The van der Waals surface area contributed by atoms with Gasteiger partial charge in [0.2, 0.25) is 17.7 Å². The average molecular weight is 623 g/mol. The molecule has 4 atom stereocenters. The van der Waals surface area contributed by atoms with Crippen molar-refractivity contribution < 1.29 is 29.4 Å². The Hall–Kier alpha value is -5.11. The summed E-state index contributed by atoms with van der Waals surface area (Å²) in [6.07, 6.45) is 2.12. The highest BCUT2D eigenvalue weighted by Crippen LogP contribution is 2.20. The summed E-state index contributed by atoms with van der Waals surface area (Å²) in [7, 11) is 0. The SMILES string of the molecule is CC(C)C(N)C(=O)NC(Cc1c[nH]c2ccccc12)C(=O)NC(CCCN=C(N)N)C(=O)NC(Cc1ccc(O)cc1)C(=O)O. The number of H-pyrrole nitrogens is 1. The summed E-state index contributed by atoms with van der Waals surface area (Å²) in [4.78, 5) is 59.3. The van der Waals surface area contributed by atoms with Crippen molar-refractivity contribution in [1.29, 1.82) is 0 Å². The van der Waals surface area contributed by atoms with E-state index in [0.29, 0.717) is 5.56 Å². The third kappa shape index (κ3) is 10.2. The number of hydrogen-bond acceptors (Lipinski definition) is 7. The number of aromatic amines is 1. The quantitative estimate of drug-likeness (QED) is 0.0601. The van der Waals surface area contributed by atoms with Gasteiger partial charge in [-0.3, -0.25) is 19.4 Å². The largest absolute Gasteiger partial charge is 0.508 e. The third-order valence-electron chi connectivity index (χ3n) is 7.32. The molecule has 0 aliphatic heterocycles. The fourth-order valence-electron chi connectivity index (χ4n) is 4.69. The Morgan fingerprint density at radius 3 is 2.13 bits per heavy atom. The number of fused-ring (bicyclic) bond motifs is 1. The zero-order chi connectivity index (χ0) is 33.1. The molecular weight excluding hydrogens is 580 g/mol. The van der Waals surface area contributed by atoms with Crippen molar-refractivity contribution in [3.8, 4) is 5.75 Å². The van der Waals surface area contributed by atoms with Gasteiger partial charge >= 0.3 is 5.97 Å². The molecule has 2 aromatic carbocycles. The minimum atomic E-state index is -1.33. The highest BCUT2D eigenvalue weighted by atomic mass is 16.4. The van der Waals surface area contributed by atoms with Crippen LogP contribution in [-0.2, 0) is 32.0 Å². The van der Waals surface area contributed by atoms with Crippen molar-refractivity contribution in [2.75, 3.05) is 6.54 Å². The second kappa shape index (κ2) is 16.1. The molecule has 4 unspecified atom stereocenters. The maximum atomic E-state index is 13.8. The van der Waals surface area contributed by atoms with Crippen LogP contribution in [0.3, 0.4) is 0 Å². The Morgan fingerprint density at radius 2 is 1.49 bits per heavy atom. The van der Waals surface area contributed by atoms with Crippen molar-refractivity contribution in [2.45, 2.75) is 63.7 Å². The Morgan fingerprint density at radius 1 is 0.867 bits per heavy atom. The second-order valence-corrected chi connectivity index (χ2v) is 11.2. The fraction of sp³-hybridized carbons (Fsp3) is 0.387. The van der Waals surface area contributed by atoms with Crippen molar-refractivity contribution in [2.24, 2.45) is 28.1 Å². The number of carbonyl (C=O) groups excluding carboxylic acids is 3. The van der Waals surface area contributed by atoms with Crippen LogP contribution in [0.2, 0.25) is 0 Å². The van der Waals surface area contributed by atoms with E-state index in [1.165, 1.54) is 12.1 Å². The van der Waals surface area contributed by atoms with Crippen molar-refractivity contribution >= 4 is 40.6 Å². The van der Waals surface area contributed by atoms with E-state index in [1.54, 1.807) is 32.2 Å². The first-order valence-electron chi connectivity index (χ1n) is 14.6. The first-order valence-corrected chi connectivity index (χ1v) is 14.6. The molecular formula is C31H42N8O6. The number of amides is 3. The molecule has 1 heterocycles. The summed E-state index contributed by atoms with van der Waals surface area (Å²) in [5.74, 6) is -3.53. The Labute approximate surface area is 260 Å². The third-order valence-corrected chi connectivity index (χ3v) is 7.32. The Kier molecular flexibility index (Phi) is 12.3. The number of benzene rings is 2. The highest BCUT2D eigenvalue weighted by molar-refractivity contribution is 5.95. The van der Waals surface area contributed by atoms with Gasteiger partial charge in [-0.25, -0.2) is 4.79 Å². The van der Waals surface area contributed by atoms with Gasteiger partial charge in [0, 0.05) is 36.5 Å². The molecule has 3 aromatic rings. The number of nitrogens with zero attached hydrogens (tertiary/aromatic N) is 1. The number of aromatic hydroxyl groups is 1. The number of phenolic OH excluding ortho intramolecular Hbond substituents is 1. The molecule has 0 saturated heterocycles. The van der Waals surface area contributed by atoms with E-state index >= 15 is 0 Å². The van der Waals surface area contributed by atoms with Gasteiger partial charge in [0.25, 0.3) is 0 Å². The van der Waals surface area contributed by atoms with E-state index in [1.807, 2.05) is 24.3 Å². The van der Waals surface area contributed by atoms with Crippen molar-refractivity contribution in [1.82, 2.24) is 20.9 Å². The van der Waals surface area contributed by atoms with Gasteiger partial charge in [-0.15, -0.1) is 0 Å². The molecule has 0 aliphatic carbocycles. The van der Waals surface area contributed by atoms with Gasteiger partial charge in [0.1, 0.15) is 23.9 Å². The maximum Gasteiger partial charge on any atom is 0.326 e. The number of guanidine groups is 1. The molecule has 12 N–H and O–H groups in total. The number of rotatable bonds is 16. The molecule has 3 rings (SSSR count). The van der Waals surface area contributed by atoms with Crippen LogP contribution in [0.15, 0.2) is 59.7 Å². The summed E-state index contributed by atoms with van der Waals surface area (Å²) < 4.78 is 0. The maximum absolute atomic E-state index is 13.8. The number of aliphatic imine (C=N–C) groups is 1. The zero-order valence-corrected chi connectivity index (χ0v) is 25.3. The van der Waals surface area contributed by atoms with Gasteiger partial charge in [-0.1, -0.05) is 44.2 Å². The van der Waals surface area contributed by atoms with Gasteiger partial charge in [-0.05, 0) is 48.1 Å². The smallest absolute Gasteiger partial charge is 0.326 e. The van der Waals surface area contributed by atoms with Gasteiger partial charge in [0.05, 0.1) is 6.04 Å². The van der Waals surface area contributed by atoms with Crippen LogP contribution in [0, 0.1) is 5.92 Å². The lowest BCUT2D eigenvalue weighted by atomic mass is 10.0. The molecule has 0 bridgehead atoms. The lowest BCUT2D eigenvalue weighted by Crippen LogP contribution is -2.58. The monoisotopic (exact) mass is 622 g/mol. The molecule has 1 aromatic heterocycles. The molecule has 0 saturated carbocycles. The number of aliphatic carboxylic acids is 1. The normalized spacial score (nSPS) is 13.8. The molecule has 45 heavy (non-hydrogen) atoms. The van der Waals surface area contributed by atoms with E-state index in [0.717, 1.165) is 16.5 Å². The minimum absolute atomic E-state index is 0.0156. The van der Waals surface area contributed by atoms with E-state index in [2.05, 4.69) is 25.9 Å². The predicted octanol–water partition coefficient (Wildman–Crippen LogP) is 0.235. The number of nitrogens with two attached hydrogens (primary N) is 3. The summed E-state index contributed by atoms with van der Waals surface area (Å²) >= 11 is 0. The molecule has 0 fully saturated rings. The number of carbonyl (C=O) groups is 4. The van der Waals surface area contributed by atoms with Crippen molar-refractivity contribution in [3.05, 3.63) is 65.9 Å². The number of phenols is 1. The number of carboxylic acids is 1. The topological polar surface area (TPSA) is 251 Å². The molecule has 0 aliphatic rings. The van der Waals surface area contributed by atoms with Crippen LogP contribution in [-0.4, -0.2) is 75.6 Å². The first-order chi connectivity index (χ1) is 21.3. The molecule has 3 amide bonds. The molecule has 14 heteroatoms. The predicted molar refractivity (Wildman–Crippen MR) is 170 cm³/mol. The van der Waals surface area contributed by atoms with E-state index in [9.17, 15) is 29.4 Å². The number of nitrogens with one attached hydrogen (secondary N) is 4. The minimum Gasteiger partial charge on any atom is -0.508 e.